The van der Waals surface area contributed by atoms with Crippen LogP contribution in [0.15, 0.2) is 0 Å². The summed E-state index contributed by atoms with van der Waals surface area (Å²) in [5.41, 5.74) is 0. The minimum atomic E-state index is -0.0200. The molecule has 0 aliphatic heterocycles. The van der Waals surface area contributed by atoms with Gasteiger partial charge in [-0.25, -0.2) is 0 Å². The van der Waals surface area contributed by atoms with Gasteiger partial charge in [-0.15, -0.1) is 0 Å². The van der Waals surface area contributed by atoms with Gasteiger partial charge in [0.2, 0.25) is 0 Å². The van der Waals surface area contributed by atoms with Gasteiger partial charge in [-0.1, -0.05) is 0 Å². The molecule has 2 nitrogen and oxygen atoms in total. The third-order valence-electron chi connectivity index (χ3n) is 0.391. The quantitative estimate of drug-likeness (QED) is 0.404. The van der Waals surface area contributed by atoms with Crippen LogP contribution in [0.1, 0.15) is 6.42 Å². The van der Waals surface area contributed by atoms with Crippen molar-refractivity contribution < 1.29 is 8.87 Å². The molecule has 0 saturated carbocycles. The zero-order valence-corrected chi connectivity index (χ0v) is 5.54. The van der Waals surface area contributed by atoms with Crippen molar-refractivity contribution in [1.29, 1.82) is 0 Å². The van der Waals surface area contributed by atoms with E-state index in [1.54, 1.807) is 16.9 Å². The van der Waals surface area contributed by atoms with E-state index < -0.39 is 0 Å². The summed E-state index contributed by atoms with van der Waals surface area (Å²) in [7, 11) is 0. The third-order valence-corrected chi connectivity index (χ3v) is 0.819. The van der Waals surface area contributed by atoms with Crippen molar-refractivity contribution in [3.63, 3.8) is 0 Å². The van der Waals surface area contributed by atoms with Gasteiger partial charge in [0.1, 0.15) is 0 Å². The fourth-order valence-corrected chi connectivity index (χ4v) is 0.434. The first kappa shape index (κ1) is 6.46. The van der Waals surface area contributed by atoms with Crippen LogP contribution in [0.5, 0.6) is 0 Å². The molecule has 0 bridgehead atoms. The zero-order valence-electron chi connectivity index (χ0n) is 3.44. The normalized spacial score (nSPS) is 9.00. The Hall–Kier alpha value is 0.463. The second kappa shape index (κ2) is 5.46. The molecule has 0 rings (SSSR count). The molecule has 0 aromatic carbocycles. The van der Waals surface area contributed by atoms with Crippen molar-refractivity contribution in [2.75, 3.05) is 13.2 Å². The predicted octanol–water partition coefficient (Wildman–Crippen LogP) is -0.0929. The van der Waals surface area contributed by atoms with E-state index in [4.69, 9.17) is 0 Å². The molecule has 0 unspecified atom stereocenters. The Balaban J connectivity index is 2.34. The van der Waals surface area contributed by atoms with Gasteiger partial charge in [0.15, 0.2) is 0 Å². The molecule has 0 aromatic rings. The molecule has 0 fully saturated rings. The molecule has 0 aromatic heterocycles. The van der Waals surface area contributed by atoms with Gasteiger partial charge in [0, 0.05) is 0 Å². The summed E-state index contributed by atoms with van der Waals surface area (Å²) >= 11 is 1.59. The van der Waals surface area contributed by atoms with Gasteiger partial charge in [-0.3, -0.25) is 0 Å². The van der Waals surface area contributed by atoms with Crippen molar-refractivity contribution in [1.82, 2.24) is 0 Å². The van der Waals surface area contributed by atoms with Crippen molar-refractivity contribution in [3.8, 4) is 0 Å². The van der Waals surface area contributed by atoms with Crippen molar-refractivity contribution in [3.05, 3.63) is 0 Å². The first-order chi connectivity index (χ1) is 2.91. The Morgan fingerprint density at radius 1 is 1.67 bits per heavy atom. The summed E-state index contributed by atoms with van der Waals surface area (Å²) in [6.07, 6.45) is 0.635. The van der Waals surface area contributed by atoms with Crippen LogP contribution in [0.4, 0.5) is 0 Å². The maximum absolute atomic E-state index is 9.61. The molecule has 0 amide bonds. The molecular formula is C3H6GeO2. The summed E-state index contributed by atoms with van der Waals surface area (Å²) < 4.78 is 4.58. The predicted molar refractivity (Wildman–Crippen MR) is 21.9 cm³/mol. The van der Waals surface area contributed by atoms with Crippen LogP contribution in [0.25, 0.3) is 0 Å². The zero-order chi connectivity index (χ0) is 4.83. The summed E-state index contributed by atoms with van der Waals surface area (Å²) in [6.45, 7) is 0.581. The van der Waals surface area contributed by atoms with Crippen LogP contribution < -0.4 is 0 Å². The molecule has 0 spiro atoms. The number of rotatable bonds is 3. The standard InChI is InChI=1S/C3H6GeO2/c4-6-3-1-2-5/h1-3H2. The Morgan fingerprint density at radius 3 is 2.50 bits per heavy atom. The summed E-state index contributed by atoms with van der Waals surface area (Å²) in [5, 5.41) is 9.61. The Labute approximate surface area is 46.1 Å². The van der Waals surface area contributed by atoms with Crippen LogP contribution in [-0.4, -0.2) is 30.1 Å². The van der Waals surface area contributed by atoms with Crippen molar-refractivity contribution in [2.24, 2.45) is 0 Å². The summed E-state index contributed by atoms with van der Waals surface area (Å²) in [6, 6.07) is 0. The van der Waals surface area contributed by atoms with E-state index in [1.165, 1.54) is 0 Å². The van der Waals surface area contributed by atoms with E-state index >= 15 is 0 Å². The first-order valence-corrected chi connectivity index (χ1v) is 2.64. The molecule has 6 heavy (non-hydrogen) atoms. The summed E-state index contributed by atoms with van der Waals surface area (Å²) in [4.78, 5) is 0. The van der Waals surface area contributed by atoms with E-state index in [1.807, 2.05) is 0 Å². The molecule has 0 heterocycles. The second-order valence-corrected chi connectivity index (χ2v) is 1.51. The van der Waals surface area contributed by atoms with Crippen LogP contribution in [-0.2, 0) is 8.87 Å². The van der Waals surface area contributed by atoms with Crippen molar-refractivity contribution in [2.45, 2.75) is 6.42 Å². The van der Waals surface area contributed by atoms with E-state index in [2.05, 4.69) is 3.76 Å². The topological polar surface area (TPSA) is 29.1 Å². The van der Waals surface area contributed by atoms with E-state index in [9.17, 15) is 5.11 Å². The van der Waals surface area contributed by atoms with E-state index in [-0.39, 0.29) is 6.61 Å². The molecule has 0 saturated heterocycles. The Kier molecular flexibility index (Phi) is 5.88. The molecular weight excluding hydrogens is 141 g/mol. The van der Waals surface area contributed by atoms with Gasteiger partial charge in [-0.2, -0.15) is 0 Å². The van der Waals surface area contributed by atoms with Gasteiger partial charge in [0.25, 0.3) is 0 Å². The Morgan fingerprint density at radius 2 is 2.33 bits per heavy atom. The fourth-order valence-electron chi connectivity index (χ4n) is 0.131. The first-order valence-electron chi connectivity index (χ1n) is 1.78. The Bertz CT molecular complexity index is 20.8. The summed E-state index contributed by atoms with van der Waals surface area (Å²) in [5.74, 6) is 0. The average molecular weight is 147 g/mol. The SMILES string of the molecule is [O]CCC[O][Ge]. The molecule has 0 aliphatic carbocycles. The van der Waals surface area contributed by atoms with Gasteiger partial charge in [0.05, 0.1) is 0 Å². The third kappa shape index (κ3) is 4.46. The molecule has 34 valence electrons. The van der Waals surface area contributed by atoms with Crippen LogP contribution >= 0.6 is 0 Å². The van der Waals surface area contributed by atoms with E-state index in [0.29, 0.717) is 13.0 Å². The van der Waals surface area contributed by atoms with Crippen LogP contribution in [0.3, 0.4) is 0 Å². The maximum atomic E-state index is 9.61. The van der Waals surface area contributed by atoms with Crippen LogP contribution in [0, 0.1) is 0 Å². The molecule has 0 atom stereocenters. The van der Waals surface area contributed by atoms with Crippen molar-refractivity contribution >= 4 is 16.9 Å². The fraction of sp³-hybridized carbons (Fsp3) is 1.00. The number of hydrogen-bond acceptors (Lipinski definition) is 1. The molecule has 4 radical (unpaired) electrons. The molecule has 0 N–H and O–H groups in total. The second-order valence-electron chi connectivity index (χ2n) is 0.906. The van der Waals surface area contributed by atoms with Gasteiger partial charge >= 0.3 is 45.4 Å². The minimum absolute atomic E-state index is 0.0200. The monoisotopic (exact) mass is 148 g/mol. The van der Waals surface area contributed by atoms with Crippen LogP contribution in [0.2, 0.25) is 0 Å². The van der Waals surface area contributed by atoms with Gasteiger partial charge < -0.3 is 0 Å². The van der Waals surface area contributed by atoms with E-state index in [0.717, 1.165) is 0 Å². The molecule has 3 heteroatoms. The number of hydrogen-bond donors (Lipinski definition) is 0. The average Bonchev–Trinajstić information content (AvgIpc) is 1.61. The van der Waals surface area contributed by atoms with Gasteiger partial charge in [-0.05, 0) is 0 Å². The molecule has 0 aliphatic rings.